The Morgan fingerprint density at radius 1 is 0.620 bits per heavy atom. The number of allylic oxidation sites excluding steroid dienone is 2. The third-order valence-electron chi connectivity index (χ3n) is 9.48. The number of benzene rings is 3. The molecule has 250 valence electrons. The largest absolute Gasteiger partial charge is 2.00 e. The van der Waals surface area contributed by atoms with Crippen molar-refractivity contribution in [3.8, 4) is 11.4 Å². The second kappa shape index (κ2) is 12.9. The molecule has 50 heavy (non-hydrogen) atoms. The van der Waals surface area contributed by atoms with E-state index in [-0.39, 0.29) is 30.2 Å². The minimum absolute atomic E-state index is 0. The molecule has 10 nitrogen and oxygen atoms in total. The molecular weight excluding hydrogens is 672 g/mol. The van der Waals surface area contributed by atoms with Crippen LogP contribution in [0.5, 0.6) is 0 Å². The van der Waals surface area contributed by atoms with Gasteiger partial charge in [0.2, 0.25) is 0 Å². The van der Waals surface area contributed by atoms with Crippen LogP contribution in [-0.4, -0.2) is 27.9 Å². The van der Waals surface area contributed by atoms with Crippen molar-refractivity contribution in [2.75, 3.05) is 0 Å². The average Bonchev–Trinajstić information content (AvgIpc) is 3.96. The number of nitrogens with zero attached hydrogens (tertiary/aromatic N) is 6. The Morgan fingerprint density at radius 2 is 1.18 bits per heavy atom. The summed E-state index contributed by atoms with van der Waals surface area (Å²) in [4.78, 5) is 57.2. The summed E-state index contributed by atoms with van der Waals surface area (Å²) < 4.78 is 8.28. The van der Waals surface area contributed by atoms with Gasteiger partial charge < -0.3 is 0 Å². The SMILES string of the molecule is CC1=C2C(c3cc[cH-]c3)n3c(=O)n(-c4ccccc4)c(=O)n3CC2(c2ccccc2)n2c(=O)n(-c3ccccc3)c(=O)n2C1.[Fe+2].c1cc[cH-]c1. The van der Waals surface area contributed by atoms with Crippen LogP contribution in [0.4, 0.5) is 0 Å². The number of aromatic nitrogens is 6. The zero-order valence-corrected chi connectivity index (χ0v) is 28.1. The molecule has 2 aliphatic heterocycles. The summed E-state index contributed by atoms with van der Waals surface area (Å²) in [5.74, 6) is 0. The Morgan fingerprint density at radius 3 is 1.72 bits per heavy atom. The Bertz CT molecular complexity index is 2510. The third-order valence-corrected chi connectivity index (χ3v) is 9.48. The fourth-order valence-corrected chi connectivity index (χ4v) is 7.48. The minimum atomic E-state index is -1.30. The van der Waals surface area contributed by atoms with Crippen molar-refractivity contribution in [3.05, 3.63) is 210 Å². The van der Waals surface area contributed by atoms with Crippen molar-refractivity contribution in [2.45, 2.75) is 31.6 Å². The monoisotopic (exact) mass is 704 g/mol. The molecule has 0 saturated carbocycles. The summed E-state index contributed by atoms with van der Waals surface area (Å²) in [6.45, 7) is 2.01. The smallest absolute Gasteiger partial charge is 0.246 e. The average molecular weight is 705 g/mol. The van der Waals surface area contributed by atoms with E-state index in [2.05, 4.69) is 0 Å². The van der Waals surface area contributed by atoms with Gasteiger partial charge in [-0.3, -0.25) is 0 Å². The summed E-state index contributed by atoms with van der Waals surface area (Å²) >= 11 is 0. The fraction of sp³-hybridized carbons (Fsp3) is 0.128. The molecule has 7 aromatic rings. The van der Waals surface area contributed by atoms with E-state index in [9.17, 15) is 19.2 Å². The van der Waals surface area contributed by atoms with E-state index in [1.165, 1.54) is 27.9 Å². The zero-order chi connectivity index (χ0) is 33.7. The molecule has 4 heterocycles. The van der Waals surface area contributed by atoms with Gasteiger partial charge in [0.1, 0.15) is 5.54 Å². The van der Waals surface area contributed by atoms with Crippen molar-refractivity contribution >= 4 is 0 Å². The van der Waals surface area contributed by atoms with Gasteiger partial charge in [-0.25, -0.2) is 65.2 Å². The van der Waals surface area contributed by atoms with Crippen LogP contribution in [0.15, 0.2) is 176 Å². The van der Waals surface area contributed by atoms with Gasteiger partial charge in [-0.05, 0) is 47.9 Å². The molecule has 2 unspecified atom stereocenters. The predicted octanol–water partition coefficient (Wildman–Crippen LogP) is 4.41. The first-order valence-corrected chi connectivity index (χ1v) is 16.1. The molecule has 9 rings (SSSR count). The Kier molecular flexibility index (Phi) is 8.39. The minimum Gasteiger partial charge on any atom is -0.246 e. The van der Waals surface area contributed by atoms with Gasteiger partial charge in [0, 0.05) is 0 Å². The molecule has 0 amide bonds. The van der Waals surface area contributed by atoms with Crippen LogP contribution < -0.4 is 22.8 Å². The van der Waals surface area contributed by atoms with Crippen molar-refractivity contribution in [1.82, 2.24) is 27.9 Å². The summed E-state index contributed by atoms with van der Waals surface area (Å²) in [5.41, 5.74) is 0.736. The van der Waals surface area contributed by atoms with Crippen LogP contribution in [0.25, 0.3) is 11.4 Å². The molecule has 5 aromatic carbocycles. The summed E-state index contributed by atoms with van der Waals surface area (Å²) in [5, 5.41) is 0. The van der Waals surface area contributed by atoms with Crippen molar-refractivity contribution in [1.29, 1.82) is 0 Å². The van der Waals surface area contributed by atoms with Crippen molar-refractivity contribution < 1.29 is 17.1 Å². The van der Waals surface area contributed by atoms with Crippen molar-refractivity contribution in [2.24, 2.45) is 0 Å². The number of rotatable bonds is 4. The zero-order valence-electron chi connectivity index (χ0n) is 27.0. The number of hydrogen-bond donors (Lipinski definition) is 0. The molecule has 2 atom stereocenters. The second-order valence-corrected chi connectivity index (χ2v) is 12.2. The normalized spacial score (nSPS) is 17.5. The first-order valence-electron chi connectivity index (χ1n) is 16.1. The van der Waals surface area contributed by atoms with Gasteiger partial charge in [-0.15, -0.1) is 0 Å². The number of para-hydroxylation sites is 2. The first kappa shape index (κ1) is 32.6. The first-order chi connectivity index (χ1) is 23.9. The summed E-state index contributed by atoms with van der Waals surface area (Å²) in [6.07, 6.45) is 0. The van der Waals surface area contributed by atoms with Crippen molar-refractivity contribution in [3.63, 3.8) is 0 Å². The van der Waals surface area contributed by atoms with Crippen LogP contribution in [0, 0.1) is 0 Å². The molecule has 2 aromatic heterocycles. The van der Waals surface area contributed by atoms with E-state index < -0.39 is 34.3 Å². The fourth-order valence-electron chi connectivity index (χ4n) is 7.48. The number of fused-ring (bicyclic) bond motifs is 4. The maximum Gasteiger partial charge on any atom is 2.00 e. The standard InChI is InChI=1S/C34H27N6O4.C5H5.Fe/c1-23-21-35-30(41)38(27-19-9-4-10-20-27)33(44)40(35)34(25-15-5-2-6-16-25)22-36-31(42)37(26-17-7-3-8-18-26)32(43)39(36)29(28(23)34)24-13-11-12-14-24;1-2-4-5-3-1;/h2-20,29H,21-22H2,1H3;1-5H;/q2*-1;+2. The molecule has 0 spiro atoms. The maximum atomic E-state index is 14.6. The quantitative estimate of drug-likeness (QED) is 0.154. The third kappa shape index (κ3) is 4.85. The second-order valence-electron chi connectivity index (χ2n) is 12.2. The molecule has 0 bridgehead atoms. The van der Waals surface area contributed by atoms with E-state index in [0.717, 1.165) is 22.3 Å². The van der Waals surface area contributed by atoms with Crippen LogP contribution in [0.2, 0.25) is 0 Å². The van der Waals surface area contributed by atoms with E-state index in [1.54, 1.807) is 48.5 Å². The van der Waals surface area contributed by atoms with E-state index in [4.69, 9.17) is 0 Å². The molecule has 0 saturated heterocycles. The Balaban J connectivity index is 0.000000603. The van der Waals surface area contributed by atoms with Gasteiger partial charge in [0.25, 0.3) is 0 Å². The topological polar surface area (TPSA) is 97.9 Å². The van der Waals surface area contributed by atoms with E-state index >= 15 is 0 Å². The summed E-state index contributed by atoms with van der Waals surface area (Å²) in [7, 11) is 0. The van der Waals surface area contributed by atoms with Crippen LogP contribution in [0.1, 0.15) is 24.1 Å². The molecule has 0 N–H and O–H groups in total. The van der Waals surface area contributed by atoms with E-state index in [0.29, 0.717) is 11.4 Å². The maximum absolute atomic E-state index is 14.6. The van der Waals surface area contributed by atoms with Gasteiger partial charge in [-0.1, -0.05) is 66.7 Å². The van der Waals surface area contributed by atoms with Crippen LogP contribution in [0.3, 0.4) is 0 Å². The Hall–Kier alpha value is -5.90. The molecule has 0 fully saturated rings. The molecule has 11 heteroatoms. The van der Waals surface area contributed by atoms with Gasteiger partial charge in [0.05, 0.1) is 30.5 Å². The number of hydrogen-bond acceptors (Lipinski definition) is 4. The summed E-state index contributed by atoms with van der Waals surface area (Å²) in [6, 6.07) is 44.0. The van der Waals surface area contributed by atoms with E-state index in [1.807, 2.05) is 104 Å². The predicted molar refractivity (Wildman–Crippen MR) is 187 cm³/mol. The molecular formula is C39H32FeN6O4. The Labute approximate surface area is 296 Å². The van der Waals surface area contributed by atoms with Gasteiger partial charge in [0.15, 0.2) is 0 Å². The molecule has 0 aliphatic carbocycles. The van der Waals surface area contributed by atoms with Crippen LogP contribution in [-0.2, 0) is 35.7 Å². The van der Waals surface area contributed by atoms with Crippen LogP contribution >= 0.6 is 0 Å². The van der Waals surface area contributed by atoms with Gasteiger partial charge in [-0.2, -0.15) is 42.0 Å². The molecule has 2 aliphatic rings. The van der Waals surface area contributed by atoms with Gasteiger partial charge >= 0.3 is 39.8 Å². The molecule has 0 radical (unpaired) electrons.